The molecule has 116 valence electrons. The molecule has 1 aromatic rings. The summed E-state index contributed by atoms with van der Waals surface area (Å²) in [6.07, 6.45) is 3.81. The van der Waals surface area contributed by atoms with Gasteiger partial charge in [-0.2, -0.15) is 0 Å². The van der Waals surface area contributed by atoms with E-state index in [0.717, 1.165) is 18.7 Å². The van der Waals surface area contributed by atoms with Gasteiger partial charge in [0.15, 0.2) is 9.84 Å². The van der Waals surface area contributed by atoms with Crippen molar-refractivity contribution < 1.29 is 18.3 Å². The summed E-state index contributed by atoms with van der Waals surface area (Å²) >= 11 is 0. The van der Waals surface area contributed by atoms with Gasteiger partial charge in [0.25, 0.3) is 0 Å². The van der Waals surface area contributed by atoms with Crippen LogP contribution in [0.4, 0.5) is 0 Å². The van der Waals surface area contributed by atoms with E-state index in [4.69, 9.17) is 5.11 Å². The van der Waals surface area contributed by atoms with E-state index in [2.05, 4.69) is 10.2 Å². The number of aromatic nitrogens is 3. The Morgan fingerprint density at radius 3 is 2.81 bits per heavy atom. The molecule has 0 amide bonds. The third-order valence-electron chi connectivity index (χ3n) is 4.50. The predicted molar refractivity (Wildman–Crippen MR) is 74.6 cm³/mol. The molecule has 21 heavy (non-hydrogen) atoms. The number of sulfone groups is 1. The van der Waals surface area contributed by atoms with Crippen molar-refractivity contribution in [2.75, 3.05) is 5.75 Å². The maximum Gasteiger partial charge on any atom is 0.308 e. The maximum atomic E-state index is 12.1. The summed E-state index contributed by atoms with van der Waals surface area (Å²) in [5.41, 5.74) is 0. The Kier molecular flexibility index (Phi) is 3.73. The van der Waals surface area contributed by atoms with Gasteiger partial charge in [-0.05, 0) is 19.3 Å². The van der Waals surface area contributed by atoms with Crippen LogP contribution in [0.1, 0.15) is 37.3 Å². The molecule has 3 rings (SSSR count). The average Bonchev–Trinajstić information content (AvgIpc) is 2.83. The molecule has 0 saturated carbocycles. The fourth-order valence-corrected chi connectivity index (χ4v) is 5.06. The molecular formula is C13H19N3O4S. The summed E-state index contributed by atoms with van der Waals surface area (Å²) < 4.78 is 26.0. The summed E-state index contributed by atoms with van der Waals surface area (Å²) in [4.78, 5) is 11.1. The van der Waals surface area contributed by atoms with Crippen LogP contribution in [0.2, 0.25) is 0 Å². The first kappa shape index (κ1) is 14.5. The van der Waals surface area contributed by atoms with E-state index in [-0.39, 0.29) is 5.75 Å². The first-order valence-electron chi connectivity index (χ1n) is 7.32. The van der Waals surface area contributed by atoms with Crippen molar-refractivity contribution in [3.05, 3.63) is 11.6 Å². The smallest absolute Gasteiger partial charge is 0.308 e. The van der Waals surface area contributed by atoms with E-state index in [9.17, 15) is 13.2 Å². The van der Waals surface area contributed by atoms with Crippen LogP contribution in [0.3, 0.4) is 0 Å². The monoisotopic (exact) mass is 313 g/mol. The number of carboxylic acids is 1. The largest absolute Gasteiger partial charge is 0.481 e. The van der Waals surface area contributed by atoms with Crippen molar-refractivity contribution in [1.82, 2.24) is 14.8 Å². The highest BCUT2D eigenvalue weighted by Crippen LogP contribution is 2.25. The molecule has 1 N–H and O–H groups in total. The Labute approximate surface area is 123 Å². The second-order valence-electron chi connectivity index (χ2n) is 5.91. The minimum Gasteiger partial charge on any atom is -0.481 e. The second-order valence-corrected chi connectivity index (χ2v) is 8.31. The molecule has 8 heteroatoms. The highest BCUT2D eigenvalue weighted by molar-refractivity contribution is 7.92. The molecule has 2 unspecified atom stereocenters. The molecule has 0 aromatic carbocycles. The molecule has 3 heterocycles. The van der Waals surface area contributed by atoms with E-state index in [1.807, 2.05) is 4.57 Å². The van der Waals surface area contributed by atoms with Crippen LogP contribution in [0.25, 0.3) is 0 Å². The SMILES string of the molecule is O=C(O)C1CCc2nnc(CC3CCCCS3(=O)=O)n2C1. The molecule has 1 saturated heterocycles. The molecule has 0 radical (unpaired) electrons. The molecule has 2 aliphatic rings. The first-order chi connectivity index (χ1) is 9.97. The van der Waals surface area contributed by atoms with Gasteiger partial charge in [0.1, 0.15) is 11.6 Å². The lowest BCUT2D eigenvalue weighted by Gasteiger charge is -2.24. The van der Waals surface area contributed by atoms with Gasteiger partial charge in [0.05, 0.1) is 16.9 Å². The van der Waals surface area contributed by atoms with Crippen molar-refractivity contribution in [1.29, 1.82) is 0 Å². The Bertz CT molecular complexity index is 652. The van der Waals surface area contributed by atoms with Gasteiger partial charge in [-0.1, -0.05) is 6.42 Å². The standard InChI is InChI=1S/C13H19N3O4S/c17-13(18)9-4-5-11-14-15-12(16(11)8-9)7-10-3-1-2-6-21(10,19)20/h9-10H,1-8H2,(H,17,18). The van der Waals surface area contributed by atoms with Gasteiger partial charge in [0, 0.05) is 19.4 Å². The second kappa shape index (κ2) is 5.40. The summed E-state index contributed by atoms with van der Waals surface area (Å²) in [7, 11) is -3.05. The minimum atomic E-state index is -3.05. The number of carboxylic acid groups (broad SMARTS) is 1. The van der Waals surface area contributed by atoms with Gasteiger partial charge in [-0.15, -0.1) is 10.2 Å². The van der Waals surface area contributed by atoms with Crippen LogP contribution >= 0.6 is 0 Å². The third kappa shape index (κ3) is 2.81. The lowest BCUT2D eigenvalue weighted by molar-refractivity contribution is -0.142. The molecule has 1 fully saturated rings. The zero-order valence-corrected chi connectivity index (χ0v) is 12.5. The number of carbonyl (C=O) groups is 1. The number of nitrogens with zero attached hydrogens (tertiary/aromatic N) is 3. The highest BCUT2D eigenvalue weighted by Gasteiger charge is 2.33. The van der Waals surface area contributed by atoms with Gasteiger partial charge >= 0.3 is 5.97 Å². The lowest BCUT2D eigenvalue weighted by atomic mass is 9.99. The fraction of sp³-hybridized carbons (Fsp3) is 0.769. The molecule has 0 bridgehead atoms. The highest BCUT2D eigenvalue weighted by atomic mass is 32.2. The zero-order chi connectivity index (χ0) is 15.0. The van der Waals surface area contributed by atoms with E-state index in [0.29, 0.717) is 38.1 Å². The molecule has 7 nitrogen and oxygen atoms in total. The summed E-state index contributed by atoms with van der Waals surface area (Å²) in [5, 5.41) is 16.9. The first-order valence-corrected chi connectivity index (χ1v) is 9.04. The Hall–Kier alpha value is -1.44. The van der Waals surface area contributed by atoms with Crippen LogP contribution in [0.5, 0.6) is 0 Å². The average molecular weight is 313 g/mol. The molecule has 2 aliphatic heterocycles. The normalized spacial score (nSPS) is 28.0. The Morgan fingerprint density at radius 1 is 1.29 bits per heavy atom. The Morgan fingerprint density at radius 2 is 2.10 bits per heavy atom. The quantitative estimate of drug-likeness (QED) is 0.868. The lowest BCUT2D eigenvalue weighted by Crippen LogP contribution is -2.33. The van der Waals surface area contributed by atoms with Crippen LogP contribution in [0, 0.1) is 5.92 Å². The summed E-state index contributed by atoms with van der Waals surface area (Å²) in [5.74, 6) is 0.388. The number of aliphatic carboxylic acids is 1. The third-order valence-corrected chi connectivity index (χ3v) is 6.77. The number of rotatable bonds is 3. The van der Waals surface area contributed by atoms with Gasteiger partial charge in [0.2, 0.25) is 0 Å². The van der Waals surface area contributed by atoms with Crippen molar-refractivity contribution in [3.63, 3.8) is 0 Å². The molecule has 0 aliphatic carbocycles. The topological polar surface area (TPSA) is 102 Å². The molecule has 0 spiro atoms. The Balaban J connectivity index is 1.81. The summed E-state index contributed by atoms with van der Waals surface area (Å²) in [6.45, 7) is 0.347. The van der Waals surface area contributed by atoms with Crippen LogP contribution < -0.4 is 0 Å². The van der Waals surface area contributed by atoms with Crippen LogP contribution in [0.15, 0.2) is 0 Å². The molecular weight excluding hydrogens is 294 g/mol. The minimum absolute atomic E-state index is 0.246. The number of hydrogen-bond acceptors (Lipinski definition) is 5. The van der Waals surface area contributed by atoms with Gasteiger partial charge in [-0.25, -0.2) is 8.42 Å². The van der Waals surface area contributed by atoms with Gasteiger partial charge in [-0.3, -0.25) is 4.79 Å². The zero-order valence-electron chi connectivity index (χ0n) is 11.7. The van der Waals surface area contributed by atoms with Crippen molar-refractivity contribution in [2.45, 2.75) is 50.3 Å². The van der Waals surface area contributed by atoms with Crippen LogP contribution in [-0.2, 0) is 34.0 Å². The van der Waals surface area contributed by atoms with Crippen molar-refractivity contribution in [3.8, 4) is 0 Å². The van der Waals surface area contributed by atoms with E-state index in [1.54, 1.807) is 0 Å². The van der Waals surface area contributed by atoms with E-state index in [1.165, 1.54) is 0 Å². The summed E-state index contributed by atoms with van der Waals surface area (Å²) in [6, 6.07) is 0. The van der Waals surface area contributed by atoms with Crippen molar-refractivity contribution in [2.24, 2.45) is 5.92 Å². The number of fused-ring (bicyclic) bond motifs is 1. The van der Waals surface area contributed by atoms with Crippen LogP contribution in [-0.4, -0.2) is 45.3 Å². The van der Waals surface area contributed by atoms with Crippen molar-refractivity contribution >= 4 is 15.8 Å². The fourth-order valence-electron chi connectivity index (χ4n) is 3.19. The number of aryl methyl sites for hydroxylation is 1. The van der Waals surface area contributed by atoms with E-state index >= 15 is 0 Å². The van der Waals surface area contributed by atoms with E-state index < -0.39 is 27.0 Å². The van der Waals surface area contributed by atoms with Gasteiger partial charge < -0.3 is 9.67 Å². The molecule has 1 aromatic heterocycles. The maximum absolute atomic E-state index is 12.1. The number of hydrogen-bond donors (Lipinski definition) is 1. The molecule has 2 atom stereocenters. The predicted octanol–water partition coefficient (Wildman–Crippen LogP) is 0.435.